The van der Waals surface area contributed by atoms with E-state index in [2.05, 4.69) is 0 Å². The highest BCUT2D eigenvalue weighted by atomic mass is 16.5. The zero-order chi connectivity index (χ0) is 13.8. The molecule has 6 nitrogen and oxygen atoms in total. The van der Waals surface area contributed by atoms with Gasteiger partial charge in [0.2, 0.25) is 5.91 Å². The van der Waals surface area contributed by atoms with Crippen molar-refractivity contribution in [2.45, 2.75) is 32.3 Å². The quantitative estimate of drug-likeness (QED) is 0.673. The molecule has 1 heterocycles. The van der Waals surface area contributed by atoms with Gasteiger partial charge in [-0.15, -0.1) is 0 Å². The standard InChI is InChI=1S/C12H22N2O4/c1-9(4-3-5-13)11(17)14-7-12(2,8-14)18-6-10(15)16/h9H,3-8,13H2,1-2H3,(H,15,16). The van der Waals surface area contributed by atoms with E-state index in [4.69, 9.17) is 15.6 Å². The largest absolute Gasteiger partial charge is 0.480 e. The third-order valence-corrected chi connectivity index (χ3v) is 3.17. The lowest BCUT2D eigenvalue weighted by atomic mass is 9.93. The van der Waals surface area contributed by atoms with Gasteiger partial charge in [0.05, 0.1) is 13.1 Å². The molecule has 1 fully saturated rings. The Morgan fingerprint density at radius 2 is 2.11 bits per heavy atom. The third-order valence-electron chi connectivity index (χ3n) is 3.17. The van der Waals surface area contributed by atoms with E-state index in [1.165, 1.54) is 0 Å². The number of nitrogens with zero attached hydrogens (tertiary/aromatic N) is 1. The molecular weight excluding hydrogens is 236 g/mol. The first-order valence-corrected chi connectivity index (χ1v) is 6.22. The summed E-state index contributed by atoms with van der Waals surface area (Å²) in [7, 11) is 0. The fourth-order valence-electron chi connectivity index (χ4n) is 2.10. The Labute approximate surface area is 107 Å². The van der Waals surface area contributed by atoms with E-state index < -0.39 is 11.6 Å². The molecule has 1 rings (SSSR count). The van der Waals surface area contributed by atoms with Crippen molar-refractivity contribution >= 4 is 11.9 Å². The van der Waals surface area contributed by atoms with Crippen LogP contribution in [0.1, 0.15) is 26.7 Å². The second-order valence-electron chi connectivity index (χ2n) is 5.16. The van der Waals surface area contributed by atoms with Gasteiger partial charge in [0.1, 0.15) is 12.2 Å². The minimum atomic E-state index is -0.989. The number of carbonyl (C=O) groups excluding carboxylic acids is 1. The average molecular weight is 258 g/mol. The van der Waals surface area contributed by atoms with Gasteiger partial charge >= 0.3 is 5.97 Å². The van der Waals surface area contributed by atoms with Gasteiger partial charge in [-0.2, -0.15) is 0 Å². The average Bonchev–Trinajstić information content (AvgIpc) is 2.28. The summed E-state index contributed by atoms with van der Waals surface area (Å²) < 4.78 is 5.25. The Morgan fingerprint density at radius 3 is 2.61 bits per heavy atom. The molecule has 1 amide bonds. The lowest BCUT2D eigenvalue weighted by molar-refractivity contribution is -0.175. The molecule has 18 heavy (non-hydrogen) atoms. The molecule has 0 radical (unpaired) electrons. The fraction of sp³-hybridized carbons (Fsp3) is 0.833. The molecule has 1 unspecified atom stereocenters. The highest BCUT2D eigenvalue weighted by Gasteiger charge is 2.43. The van der Waals surface area contributed by atoms with Crippen LogP contribution in [0.15, 0.2) is 0 Å². The molecule has 6 heteroatoms. The van der Waals surface area contributed by atoms with Crippen LogP contribution in [0.5, 0.6) is 0 Å². The van der Waals surface area contributed by atoms with Crippen molar-refractivity contribution in [1.29, 1.82) is 0 Å². The molecule has 1 aliphatic heterocycles. The van der Waals surface area contributed by atoms with Gasteiger partial charge in [0, 0.05) is 5.92 Å². The van der Waals surface area contributed by atoms with Crippen LogP contribution < -0.4 is 5.73 Å². The lowest BCUT2D eigenvalue weighted by Gasteiger charge is -2.48. The number of hydrogen-bond acceptors (Lipinski definition) is 4. The number of hydrogen-bond donors (Lipinski definition) is 2. The van der Waals surface area contributed by atoms with Crippen LogP contribution in [0.2, 0.25) is 0 Å². The topological polar surface area (TPSA) is 92.9 Å². The monoisotopic (exact) mass is 258 g/mol. The molecule has 1 aliphatic rings. The summed E-state index contributed by atoms with van der Waals surface area (Å²) >= 11 is 0. The second-order valence-corrected chi connectivity index (χ2v) is 5.16. The first-order valence-electron chi connectivity index (χ1n) is 6.22. The second kappa shape index (κ2) is 6.15. The van der Waals surface area contributed by atoms with Gasteiger partial charge < -0.3 is 20.5 Å². The Balaban J connectivity index is 2.32. The SMILES string of the molecule is CC(CCCN)C(=O)N1CC(C)(OCC(=O)O)C1. The highest BCUT2D eigenvalue weighted by Crippen LogP contribution is 2.26. The van der Waals surface area contributed by atoms with Crippen molar-refractivity contribution in [1.82, 2.24) is 4.90 Å². The zero-order valence-electron chi connectivity index (χ0n) is 11.0. The van der Waals surface area contributed by atoms with Crippen molar-refractivity contribution in [2.75, 3.05) is 26.2 Å². The third kappa shape index (κ3) is 3.96. The van der Waals surface area contributed by atoms with Crippen LogP contribution in [0.25, 0.3) is 0 Å². The molecule has 0 aromatic carbocycles. The number of rotatable bonds is 7. The normalized spacial score (nSPS) is 19.2. The summed E-state index contributed by atoms with van der Waals surface area (Å²) in [5, 5.41) is 8.54. The summed E-state index contributed by atoms with van der Waals surface area (Å²) in [6, 6.07) is 0. The van der Waals surface area contributed by atoms with Gasteiger partial charge in [-0.05, 0) is 26.3 Å². The minimum Gasteiger partial charge on any atom is -0.480 e. The predicted octanol–water partition coefficient (Wildman–Crippen LogP) is 0.0635. The van der Waals surface area contributed by atoms with Crippen LogP contribution in [0.3, 0.4) is 0 Å². The lowest BCUT2D eigenvalue weighted by Crippen LogP contribution is -2.64. The number of amides is 1. The van der Waals surface area contributed by atoms with Crippen molar-refractivity contribution in [3.8, 4) is 0 Å². The Hall–Kier alpha value is -1.14. The molecule has 0 saturated carbocycles. The molecule has 0 aliphatic carbocycles. The minimum absolute atomic E-state index is 0.0300. The highest BCUT2D eigenvalue weighted by molar-refractivity contribution is 5.79. The van der Waals surface area contributed by atoms with E-state index in [0.717, 1.165) is 12.8 Å². The summed E-state index contributed by atoms with van der Waals surface area (Å²) in [6.07, 6.45) is 1.63. The summed E-state index contributed by atoms with van der Waals surface area (Å²) in [4.78, 5) is 24.1. The molecular formula is C12H22N2O4. The molecule has 1 atom stereocenters. The molecule has 1 saturated heterocycles. The zero-order valence-corrected chi connectivity index (χ0v) is 11.0. The van der Waals surface area contributed by atoms with E-state index in [1.807, 2.05) is 13.8 Å². The first-order chi connectivity index (χ1) is 8.38. The van der Waals surface area contributed by atoms with Crippen LogP contribution in [0.4, 0.5) is 0 Å². The number of aliphatic carboxylic acids is 1. The number of ether oxygens (including phenoxy) is 1. The number of carboxylic acids is 1. The van der Waals surface area contributed by atoms with Crippen molar-refractivity contribution in [3.05, 3.63) is 0 Å². The Morgan fingerprint density at radius 1 is 1.50 bits per heavy atom. The van der Waals surface area contributed by atoms with Crippen molar-refractivity contribution in [2.24, 2.45) is 11.7 Å². The number of nitrogens with two attached hydrogens (primary N) is 1. The molecule has 0 aromatic rings. The Kier molecular flexibility index (Phi) is 5.10. The number of likely N-dealkylation sites (tertiary alicyclic amines) is 1. The number of carboxylic acid groups (broad SMARTS) is 1. The molecule has 0 aromatic heterocycles. The van der Waals surface area contributed by atoms with Crippen LogP contribution in [-0.2, 0) is 14.3 Å². The first kappa shape index (κ1) is 14.9. The molecule has 0 bridgehead atoms. The van der Waals surface area contributed by atoms with Gasteiger partial charge in [0.25, 0.3) is 0 Å². The van der Waals surface area contributed by atoms with Crippen molar-refractivity contribution < 1.29 is 19.4 Å². The van der Waals surface area contributed by atoms with Gasteiger partial charge in [-0.1, -0.05) is 6.92 Å². The van der Waals surface area contributed by atoms with E-state index in [9.17, 15) is 9.59 Å². The van der Waals surface area contributed by atoms with E-state index in [-0.39, 0.29) is 18.4 Å². The van der Waals surface area contributed by atoms with Crippen LogP contribution >= 0.6 is 0 Å². The maximum atomic E-state index is 12.0. The predicted molar refractivity (Wildman–Crippen MR) is 66.0 cm³/mol. The van der Waals surface area contributed by atoms with Crippen LogP contribution in [0, 0.1) is 5.92 Å². The van der Waals surface area contributed by atoms with Gasteiger partial charge in [-0.25, -0.2) is 4.79 Å². The smallest absolute Gasteiger partial charge is 0.329 e. The summed E-state index contributed by atoms with van der Waals surface area (Å²) in [5.41, 5.74) is 4.90. The number of carbonyl (C=O) groups is 2. The van der Waals surface area contributed by atoms with Gasteiger partial charge in [0.15, 0.2) is 0 Å². The molecule has 3 N–H and O–H groups in total. The summed E-state index contributed by atoms with van der Waals surface area (Å²) in [5.74, 6) is -0.922. The maximum absolute atomic E-state index is 12.0. The van der Waals surface area contributed by atoms with Crippen LogP contribution in [-0.4, -0.2) is 53.7 Å². The van der Waals surface area contributed by atoms with E-state index >= 15 is 0 Å². The Bertz CT molecular complexity index is 313. The maximum Gasteiger partial charge on any atom is 0.329 e. The molecule has 104 valence electrons. The fourth-order valence-corrected chi connectivity index (χ4v) is 2.10. The van der Waals surface area contributed by atoms with Crippen molar-refractivity contribution in [3.63, 3.8) is 0 Å². The van der Waals surface area contributed by atoms with E-state index in [0.29, 0.717) is 19.6 Å². The van der Waals surface area contributed by atoms with E-state index in [1.54, 1.807) is 4.90 Å². The molecule has 0 spiro atoms. The van der Waals surface area contributed by atoms with Gasteiger partial charge in [-0.3, -0.25) is 4.79 Å². The summed E-state index contributed by atoms with van der Waals surface area (Å²) in [6.45, 7) is 4.92.